The molecule has 2 aromatic rings. The summed E-state index contributed by atoms with van der Waals surface area (Å²) < 4.78 is 22.5. The van der Waals surface area contributed by atoms with Crippen molar-refractivity contribution in [1.82, 2.24) is 4.90 Å². The molecule has 6 heteroatoms. The topological polar surface area (TPSA) is 52.5 Å². The summed E-state index contributed by atoms with van der Waals surface area (Å²) in [6, 6.07) is 8.22. The Balaban J connectivity index is 1.73. The minimum absolute atomic E-state index is 0.0244. The summed E-state index contributed by atoms with van der Waals surface area (Å²) in [6.45, 7) is 1.17. The van der Waals surface area contributed by atoms with E-state index in [2.05, 4.69) is 34.2 Å². The Bertz CT molecular complexity index is 1010. The third-order valence-corrected chi connectivity index (χ3v) is 5.64. The van der Waals surface area contributed by atoms with Crippen LogP contribution in [0.4, 0.5) is 0 Å². The standard InChI is InChI=1S/C22H22N2O4/c1-23-11-17-21-14(4-5-18(25-2)22(21)26-3)8-16-15-10-20-19(27-12-28-20)9-13(15)6-7-24(16)17/h4-5,8-11,17H,6-7,12H2,1-3H3/b23-11+. The van der Waals surface area contributed by atoms with Crippen LogP contribution in [0.2, 0.25) is 0 Å². The first-order valence-corrected chi connectivity index (χ1v) is 9.33. The molecule has 0 aliphatic carbocycles. The van der Waals surface area contributed by atoms with Crippen LogP contribution < -0.4 is 18.9 Å². The smallest absolute Gasteiger partial charge is 0.231 e. The molecule has 144 valence electrons. The van der Waals surface area contributed by atoms with Crippen LogP contribution in [-0.4, -0.2) is 45.7 Å². The SMILES string of the molecule is C/N=C/C1c2c(ccc(OC)c2OC)C=C2c3cc4c(cc3CCN21)OCO4. The summed E-state index contributed by atoms with van der Waals surface area (Å²) in [4.78, 5) is 6.74. The summed E-state index contributed by atoms with van der Waals surface area (Å²) in [6.07, 6.45) is 5.13. The van der Waals surface area contributed by atoms with Crippen molar-refractivity contribution < 1.29 is 18.9 Å². The maximum atomic E-state index is 5.74. The second kappa shape index (κ2) is 6.48. The lowest BCUT2D eigenvalue weighted by Crippen LogP contribution is -2.36. The maximum Gasteiger partial charge on any atom is 0.231 e. The molecule has 3 aliphatic heterocycles. The highest BCUT2D eigenvalue weighted by atomic mass is 16.7. The molecule has 3 aliphatic rings. The third-order valence-electron chi connectivity index (χ3n) is 5.64. The fourth-order valence-corrected chi connectivity index (χ4v) is 4.39. The van der Waals surface area contributed by atoms with Crippen LogP contribution >= 0.6 is 0 Å². The first-order valence-electron chi connectivity index (χ1n) is 9.33. The first kappa shape index (κ1) is 17.0. The van der Waals surface area contributed by atoms with Gasteiger partial charge in [0.25, 0.3) is 0 Å². The van der Waals surface area contributed by atoms with Gasteiger partial charge in [-0.3, -0.25) is 4.99 Å². The van der Waals surface area contributed by atoms with Crippen molar-refractivity contribution in [3.63, 3.8) is 0 Å². The molecule has 3 heterocycles. The number of methoxy groups -OCH3 is 2. The Morgan fingerprint density at radius 1 is 1.14 bits per heavy atom. The predicted octanol–water partition coefficient (Wildman–Crippen LogP) is 3.54. The van der Waals surface area contributed by atoms with Gasteiger partial charge in [0, 0.05) is 36.6 Å². The van der Waals surface area contributed by atoms with Gasteiger partial charge >= 0.3 is 0 Å². The molecule has 5 rings (SSSR count). The van der Waals surface area contributed by atoms with Gasteiger partial charge in [0.1, 0.15) is 0 Å². The van der Waals surface area contributed by atoms with Crippen molar-refractivity contribution in [2.24, 2.45) is 4.99 Å². The zero-order valence-electron chi connectivity index (χ0n) is 16.2. The van der Waals surface area contributed by atoms with Crippen LogP contribution in [-0.2, 0) is 6.42 Å². The van der Waals surface area contributed by atoms with Gasteiger partial charge in [-0.05, 0) is 41.8 Å². The quantitative estimate of drug-likeness (QED) is 0.765. The highest BCUT2D eigenvalue weighted by molar-refractivity contribution is 5.91. The third kappa shape index (κ3) is 2.37. The molecule has 0 fully saturated rings. The Kier molecular flexibility index (Phi) is 3.93. The normalized spacial score (nSPS) is 19.0. The fourth-order valence-electron chi connectivity index (χ4n) is 4.39. The number of benzene rings is 2. The van der Waals surface area contributed by atoms with Gasteiger partial charge in [-0.2, -0.15) is 0 Å². The molecule has 0 aromatic heterocycles. The van der Waals surface area contributed by atoms with E-state index in [0.717, 1.165) is 47.1 Å². The lowest BCUT2D eigenvalue weighted by Gasteiger charge is -2.42. The van der Waals surface area contributed by atoms with E-state index < -0.39 is 0 Å². The number of aliphatic imine (C=N–C) groups is 1. The fraction of sp³-hybridized carbons (Fsp3) is 0.318. The first-order chi connectivity index (χ1) is 13.7. The summed E-state index contributed by atoms with van der Waals surface area (Å²) in [5.41, 5.74) is 5.83. The Morgan fingerprint density at radius 2 is 1.96 bits per heavy atom. The summed E-state index contributed by atoms with van der Waals surface area (Å²) >= 11 is 0. The minimum Gasteiger partial charge on any atom is -0.493 e. The van der Waals surface area contributed by atoms with Crippen LogP contribution in [0.15, 0.2) is 29.3 Å². The number of hydrogen-bond donors (Lipinski definition) is 0. The average molecular weight is 378 g/mol. The molecular formula is C22H22N2O4. The number of ether oxygens (including phenoxy) is 4. The van der Waals surface area contributed by atoms with Crippen molar-refractivity contribution in [2.45, 2.75) is 12.5 Å². The predicted molar refractivity (Wildman–Crippen MR) is 108 cm³/mol. The van der Waals surface area contributed by atoms with E-state index in [1.807, 2.05) is 12.3 Å². The molecule has 28 heavy (non-hydrogen) atoms. The number of nitrogens with zero attached hydrogens (tertiary/aromatic N) is 2. The average Bonchev–Trinajstić information content (AvgIpc) is 3.18. The van der Waals surface area contributed by atoms with Gasteiger partial charge in [-0.25, -0.2) is 0 Å². The molecule has 2 aromatic carbocycles. The second-order valence-electron chi connectivity index (χ2n) is 6.99. The van der Waals surface area contributed by atoms with E-state index in [9.17, 15) is 0 Å². The summed E-state index contributed by atoms with van der Waals surface area (Å²) in [5, 5.41) is 0. The van der Waals surface area contributed by atoms with E-state index in [-0.39, 0.29) is 12.8 Å². The van der Waals surface area contributed by atoms with E-state index in [1.165, 1.54) is 16.8 Å². The lowest BCUT2D eigenvalue weighted by molar-refractivity contribution is 0.174. The van der Waals surface area contributed by atoms with Gasteiger partial charge in [0.05, 0.1) is 20.3 Å². The molecule has 0 radical (unpaired) electrons. The zero-order chi connectivity index (χ0) is 19.3. The van der Waals surface area contributed by atoms with Crippen LogP contribution in [0.1, 0.15) is 28.3 Å². The van der Waals surface area contributed by atoms with Crippen LogP contribution in [0.5, 0.6) is 23.0 Å². The highest BCUT2D eigenvalue weighted by Gasteiger charge is 2.35. The Labute approximate surface area is 164 Å². The molecule has 1 atom stereocenters. The van der Waals surface area contributed by atoms with E-state index in [4.69, 9.17) is 18.9 Å². The number of fused-ring (bicyclic) bond motifs is 5. The Hall–Kier alpha value is -3.15. The van der Waals surface area contributed by atoms with E-state index >= 15 is 0 Å². The molecule has 0 saturated heterocycles. The minimum atomic E-state index is -0.0244. The van der Waals surface area contributed by atoms with Gasteiger partial charge in [0.2, 0.25) is 6.79 Å². The summed E-state index contributed by atoms with van der Waals surface area (Å²) in [5.74, 6) is 3.13. The van der Waals surface area contributed by atoms with Gasteiger partial charge in [-0.15, -0.1) is 0 Å². The highest BCUT2D eigenvalue weighted by Crippen LogP contribution is 2.49. The van der Waals surface area contributed by atoms with Gasteiger partial charge in [0.15, 0.2) is 23.0 Å². The molecular weight excluding hydrogens is 356 g/mol. The van der Waals surface area contributed by atoms with Gasteiger partial charge in [-0.1, -0.05) is 6.07 Å². The molecule has 0 spiro atoms. The molecule has 1 unspecified atom stereocenters. The summed E-state index contributed by atoms with van der Waals surface area (Å²) in [7, 11) is 5.15. The van der Waals surface area contributed by atoms with Crippen molar-refractivity contribution >= 4 is 18.0 Å². The molecule has 0 amide bonds. The van der Waals surface area contributed by atoms with Crippen molar-refractivity contribution in [1.29, 1.82) is 0 Å². The van der Waals surface area contributed by atoms with Crippen molar-refractivity contribution in [3.8, 4) is 23.0 Å². The van der Waals surface area contributed by atoms with Crippen LogP contribution in [0.3, 0.4) is 0 Å². The maximum absolute atomic E-state index is 5.74. The van der Waals surface area contributed by atoms with Gasteiger partial charge < -0.3 is 23.8 Å². The van der Waals surface area contributed by atoms with E-state index in [1.54, 1.807) is 21.3 Å². The monoisotopic (exact) mass is 378 g/mol. The molecule has 0 bridgehead atoms. The number of rotatable bonds is 3. The van der Waals surface area contributed by atoms with E-state index in [0.29, 0.717) is 0 Å². The molecule has 0 saturated carbocycles. The number of hydrogen-bond acceptors (Lipinski definition) is 6. The van der Waals surface area contributed by atoms with Crippen LogP contribution in [0.25, 0.3) is 11.8 Å². The molecule has 6 nitrogen and oxygen atoms in total. The zero-order valence-corrected chi connectivity index (χ0v) is 16.2. The van der Waals surface area contributed by atoms with Crippen molar-refractivity contribution in [2.75, 3.05) is 34.6 Å². The molecule has 0 N–H and O–H groups in total. The van der Waals surface area contributed by atoms with Crippen molar-refractivity contribution in [3.05, 3.63) is 46.5 Å². The lowest BCUT2D eigenvalue weighted by atomic mass is 9.86. The largest absolute Gasteiger partial charge is 0.493 e. The second-order valence-corrected chi connectivity index (χ2v) is 6.99. The van der Waals surface area contributed by atoms with Crippen LogP contribution in [0, 0.1) is 0 Å². The Morgan fingerprint density at radius 3 is 2.71 bits per heavy atom.